The topological polar surface area (TPSA) is 63.4 Å². The molecular formula is C14H21FN2O2S. The summed E-state index contributed by atoms with van der Waals surface area (Å²) in [7, 11) is -3.84. The van der Waals surface area contributed by atoms with Gasteiger partial charge in [-0.1, -0.05) is 6.92 Å². The first kappa shape index (κ1) is 15.3. The highest BCUT2D eigenvalue weighted by molar-refractivity contribution is 7.89. The Hall–Kier alpha value is -1.14. The SMILES string of the molecule is CCC1CCC(C)N1S(=O)(=O)c1cc(N)c(C)cc1F. The van der Waals surface area contributed by atoms with Crippen LogP contribution < -0.4 is 5.73 Å². The van der Waals surface area contributed by atoms with Gasteiger partial charge in [-0.2, -0.15) is 4.31 Å². The van der Waals surface area contributed by atoms with Crippen molar-refractivity contribution >= 4 is 15.7 Å². The fourth-order valence-electron chi connectivity index (χ4n) is 2.84. The van der Waals surface area contributed by atoms with Crippen molar-refractivity contribution in [3.63, 3.8) is 0 Å². The number of benzene rings is 1. The number of nitrogens with zero attached hydrogens (tertiary/aromatic N) is 1. The summed E-state index contributed by atoms with van der Waals surface area (Å²) < 4.78 is 41.0. The highest BCUT2D eigenvalue weighted by Gasteiger charge is 2.40. The standard InChI is InChI=1S/C14H21FN2O2S/c1-4-11-6-5-10(3)17(11)20(18,19)14-8-13(16)9(2)7-12(14)15/h7-8,10-11H,4-6,16H2,1-3H3. The van der Waals surface area contributed by atoms with E-state index < -0.39 is 15.8 Å². The molecular weight excluding hydrogens is 279 g/mol. The van der Waals surface area contributed by atoms with Crippen LogP contribution in [0.5, 0.6) is 0 Å². The Bertz CT molecular complexity index is 616. The van der Waals surface area contributed by atoms with Gasteiger partial charge in [0, 0.05) is 17.8 Å². The third-order valence-electron chi connectivity index (χ3n) is 4.06. The van der Waals surface area contributed by atoms with Crippen molar-refractivity contribution in [3.8, 4) is 0 Å². The summed E-state index contributed by atoms with van der Waals surface area (Å²) >= 11 is 0. The van der Waals surface area contributed by atoms with Crippen LogP contribution in [-0.2, 0) is 10.0 Å². The average Bonchev–Trinajstić information content (AvgIpc) is 2.75. The molecule has 112 valence electrons. The molecule has 1 heterocycles. The molecule has 1 aliphatic rings. The molecule has 1 aromatic carbocycles. The Morgan fingerprint density at radius 3 is 2.65 bits per heavy atom. The fraction of sp³-hybridized carbons (Fsp3) is 0.571. The quantitative estimate of drug-likeness (QED) is 0.873. The van der Waals surface area contributed by atoms with Gasteiger partial charge in [0.1, 0.15) is 10.7 Å². The largest absolute Gasteiger partial charge is 0.398 e. The number of nitrogen functional groups attached to an aromatic ring is 1. The molecule has 6 heteroatoms. The number of hydrogen-bond acceptors (Lipinski definition) is 3. The third-order valence-corrected chi connectivity index (χ3v) is 6.14. The van der Waals surface area contributed by atoms with Gasteiger partial charge in [0.05, 0.1) is 0 Å². The molecule has 1 aromatic rings. The molecule has 20 heavy (non-hydrogen) atoms. The molecule has 1 saturated heterocycles. The van der Waals surface area contributed by atoms with Crippen LogP contribution in [0.1, 0.15) is 38.7 Å². The summed E-state index contributed by atoms with van der Waals surface area (Å²) in [4.78, 5) is -0.312. The molecule has 0 bridgehead atoms. The van der Waals surface area contributed by atoms with E-state index in [9.17, 15) is 12.8 Å². The molecule has 0 saturated carbocycles. The number of sulfonamides is 1. The molecule has 2 unspecified atom stereocenters. The van der Waals surface area contributed by atoms with E-state index in [0.717, 1.165) is 19.3 Å². The van der Waals surface area contributed by atoms with Gasteiger partial charge in [-0.05, 0) is 50.8 Å². The molecule has 0 spiro atoms. The minimum atomic E-state index is -3.84. The lowest BCUT2D eigenvalue weighted by Gasteiger charge is -2.27. The molecule has 2 N–H and O–H groups in total. The van der Waals surface area contributed by atoms with E-state index >= 15 is 0 Å². The Balaban J connectivity index is 2.53. The van der Waals surface area contributed by atoms with Gasteiger partial charge in [-0.25, -0.2) is 12.8 Å². The lowest BCUT2D eigenvalue weighted by Crippen LogP contribution is -2.40. The maximum absolute atomic E-state index is 14.1. The van der Waals surface area contributed by atoms with Crippen molar-refractivity contribution in [2.45, 2.75) is 57.0 Å². The Labute approximate surface area is 119 Å². The highest BCUT2D eigenvalue weighted by atomic mass is 32.2. The monoisotopic (exact) mass is 300 g/mol. The van der Waals surface area contributed by atoms with Crippen molar-refractivity contribution in [1.82, 2.24) is 4.31 Å². The molecule has 1 aliphatic heterocycles. The Morgan fingerprint density at radius 1 is 1.40 bits per heavy atom. The zero-order valence-corrected chi connectivity index (χ0v) is 12.9. The molecule has 0 amide bonds. The first-order chi connectivity index (χ1) is 9.28. The van der Waals surface area contributed by atoms with Crippen LogP contribution in [0, 0.1) is 12.7 Å². The van der Waals surface area contributed by atoms with Gasteiger partial charge in [0.25, 0.3) is 0 Å². The zero-order valence-electron chi connectivity index (χ0n) is 12.1. The molecule has 4 nitrogen and oxygen atoms in total. The predicted octanol–water partition coefficient (Wildman–Crippen LogP) is 2.67. The van der Waals surface area contributed by atoms with Crippen molar-refractivity contribution in [2.24, 2.45) is 0 Å². The normalized spacial score (nSPS) is 24.2. The van der Waals surface area contributed by atoms with E-state index in [0.29, 0.717) is 11.3 Å². The van der Waals surface area contributed by atoms with Crippen molar-refractivity contribution in [1.29, 1.82) is 0 Å². The fourth-order valence-corrected chi connectivity index (χ4v) is 4.88. The summed E-state index contributed by atoms with van der Waals surface area (Å²) in [5.74, 6) is -0.731. The summed E-state index contributed by atoms with van der Waals surface area (Å²) in [5, 5.41) is 0. The number of nitrogens with two attached hydrogens (primary N) is 1. The van der Waals surface area contributed by atoms with Crippen LogP contribution in [0.2, 0.25) is 0 Å². The average molecular weight is 300 g/mol. The molecule has 0 aromatic heterocycles. The van der Waals surface area contributed by atoms with E-state index in [1.54, 1.807) is 6.92 Å². The van der Waals surface area contributed by atoms with Gasteiger partial charge in [-0.15, -0.1) is 0 Å². The smallest absolute Gasteiger partial charge is 0.246 e. The highest BCUT2D eigenvalue weighted by Crippen LogP contribution is 2.34. The van der Waals surface area contributed by atoms with Gasteiger partial charge in [0.15, 0.2) is 0 Å². The van der Waals surface area contributed by atoms with Crippen LogP contribution in [0.3, 0.4) is 0 Å². The minimum Gasteiger partial charge on any atom is -0.398 e. The summed E-state index contributed by atoms with van der Waals surface area (Å²) in [5.41, 5.74) is 6.58. The number of rotatable bonds is 3. The van der Waals surface area contributed by atoms with Gasteiger partial charge in [0.2, 0.25) is 10.0 Å². The second-order valence-corrected chi connectivity index (χ2v) is 7.27. The molecule has 2 rings (SSSR count). The summed E-state index contributed by atoms with van der Waals surface area (Å²) in [6.07, 6.45) is 2.35. The van der Waals surface area contributed by atoms with Crippen LogP contribution in [0.4, 0.5) is 10.1 Å². The van der Waals surface area contributed by atoms with Crippen molar-refractivity contribution in [3.05, 3.63) is 23.5 Å². The Morgan fingerprint density at radius 2 is 2.05 bits per heavy atom. The Kier molecular flexibility index (Phi) is 4.07. The second-order valence-electron chi connectivity index (χ2n) is 5.46. The maximum Gasteiger partial charge on any atom is 0.246 e. The maximum atomic E-state index is 14.1. The van der Waals surface area contributed by atoms with Crippen LogP contribution in [0.15, 0.2) is 17.0 Å². The third kappa shape index (κ3) is 2.42. The number of halogens is 1. The van der Waals surface area contributed by atoms with Crippen molar-refractivity contribution in [2.75, 3.05) is 5.73 Å². The summed E-state index contributed by atoms with van der Waals surface area (Å²) in [6, 6.07) is 2.26. The van der Waals surface area contributed by atoms with Gasteiger partial charge < -0.3 is 5.73 Å². The first-order valence-electron chi connectivity index (χ1n) is 6.88. The lowest BCUT2D eigenvalue weighted by molar-refractivity contribution is 0.327. The van der Waals surface area contributed by atoms with E-state index in [-0.39, 0.29) is 17.0 Å². The molecule has 0 aliphatic carbocycles. The van der Waals surface area contributed by atoms with E-state index in [4.69, 9.17) is 5.73 Å². The van der Waals surface area contributed by atoms with E-state index in [1.807, 2.05) is 13.8 Å². The minimum absolute atomic E-state index is 0.0584. The number of hydrogen-bond donors (Lipinski definition) is 1. The van der Waals surface area contributed by atoms with Crippen LogP contribution in [0.25, 0.3) is 0 Å². The van der Waals surface area contributed by atoms with Crippen molar-refractivity contribution < 1.29 is 12.8 Å². The van der Waals surface area contributed by atoms with Crippen LogP contribution in [-0.4, -0.2) is 24.8 Å². The lowest BCUT2D eigenvalue weighted by atomic mass is 10.2. The van der Waals surface area contributed by atoms with Crippen LogP contribution >= 0.6 is 0 Å². The number of anilines is 1. The zero-order chi connectivity index (χ0) is 15.1. The van der Waals surface area contributed by atoms with Gasteiger partial charge >= 0.3 is 0 Å². The molecule has 1 fully saturated rings. The number of aryl methyl sites for hydroxylation is 1. The molecule has 2 atom stereocenters. The second kappa shape index (κ2) is 5.33. The molecule has 0 radical (unpaired) electrons. The summed E-state index contributed by atoms with van der Waals surface area (Å²) in [6.45, 7) is 5.47. The predicted molar refractivity (Wildman–Crippen MR) is 77.3 cm³/mol. The first-order valence-corrected chi connectivity index (χ1v) is 8.32. The van der Waals surface area contributed by atoms with E-state index in [1.165, 1.54) is 16.4 Å². The van der Waals surface area contributed by atoms with E-state index in [2.05, 4.69) is 0 Å². The van der Waals surface area contributed by atoms with Gasteiger partial charge in [-0.3, -0.25) is 0 Å².